The Hall–Kier alpha value is -1.93. The van der Waals surface area contributed by atoms with Crippen molar-refractivity contribution in [2.45, 2.75) is 12.4 Å². The van der Waals surface area contributed by atoms with Gasteiger partial charge in [0.2, 0.25) is 0 Å². The van der Waals surface area contributed by atoms with Crippen LogP contribution < -0.4 is 5.32 Å². The summed E-state index contributed by atoms with van der Waals surface area (Å²) < 4.78 is 76.8. The van der Waals surface area contributed by atoms with Crippen molar-refractivity contribution in [2.24, 2.45) is 0 Å². The van der Waals surface area contributed by atoms with E-state index in [1.165, 1.54) is 18.2 Å². The second kappa shape index (κ2) is 6.76. The van der Waals surface area contributed by atoms with Crippen LogP contribution in [0.1, 0.15) is 21.5 Å². The molecule has 0 aliphatic rings. The molecule has 2 aromatic rings. The van der Waals surface area contributed by atoms with Crippen LogP contribution in [0, 0.1) is 0 Å². The molecule has 0 aliphatic carbocycles. The molecule has 1 N–H and O–H groups in total. The van der Waals surface area contributed by atoms with Gasteiger partial charge in [0.1, 0.15) is 0 Å². The molecule has 1 amide bonds. The fourth-order valence-corrected chi connectivity index (χ4v) is 2.29. The molecule has 0 saturated heterocycles. The lowest BCUT2D eigenvalue weighted by Gasteiger charge is -2.15. The fraction of sp³-hybridized carbons (Fsp3) is 0.133. The maximum atomic E-state index is 12.8. The molecule has 10 heteroatoms. The number of hydrogen-bond donors (Lipinski definition) is 1. The Balaban J connectivity index is 2.45. The van der Waals surface area contributed by atoms with Gasteiger partial charge in [-0.15, -0.1) is 0 Å². The van der Waals surface area contributed by atoms with E-state index in [4.69, 9.17) is 23.2 Å². The number of alkyl halides is 6. The van der Waals surface area contributed by atoms with Crippen molar-refractivity contribution in [3.05, 3.63) is 63.1 Å². The quantitative estimate of drug-likeness (QED) is 0.589. The van der Waals surface area contributed by atoms with Gasteiger partial charge >= 0.3 is 12.4 Å². The highest BCUT2D eigenvalue weighted by Crippen LogP contribution is 2.37. The van der Waals surface area contributed by atoms with Crippen LogP contribution in [0.2, 0.25) is 10.0 Å². The van der Waals surface area contributed by atoms with Crippen molar-refractivity contribution in [3.63, 3.8) is 0 Å². The Kier molecular flexibility index (Phi) is 5.24. The van der Waals surface area contributed by atoms with E-state index in [0.717, 1.165) is 0 Å². The van der Waals surface area contributed by atoms with E-state index >= 15 is 0 Å². The summed E-state index contributed by atoms with van der Waals surface area (Å²) in [5.41, 5.74) is -3.96. The molecule has 2 rings (SSSR count). The molecule has 0 atom stereocenters. The van der Waals surface area contributed by atoms with Crippen LogP contribution in [-0.4, -0.2) is 5.91 Å². The molecule has 0 aliphatic heterocycles. The number of halogens is 8. The van der Waals surface area contributed by atoms with Crippen LogP contribution in [-0.2, 0) is 12.4 Å². The lowest BCUT2D eigenvalue weighted by molar-refractivity contribution is -0.143. The number of rotatable bonds is 2. The summed E-state index contributed by atoms with van der Waals surface area (Å²) in [4.78, 5) is 12.1. The highest BCUT2D eigenvalue weighted by atomic mass is 35.5. The van der Waals surface area contributed by atoms with Gasteiger partial charge in [0.25, 0.3) is 5.91 Å². The van der Waals surface area contributed by atoms with Gasteiger partial charge in [-0.05, 0) is 30.3 Å². The molecule has 2 aromatic carbocycles. The van der Waals surface area contributed by atoms with Gasteiger partial charge < -0.3 is 5.32 Å². The molecule has 0 bridgehead atoms. The van der Waals surface area contributed by atoms with Gasteiger partial charge in [-0.2, -0.15) is 26.3 Å². The van der Waals surface area contributed by atoms with Crippen LogP contribution in [0.25, 0.3) is 0 Å². The molecule has 0 unspecified atom stereocenters. The van der Waals surface area contributed by atoms with E-state index < -0.39 is 35.1 Å². The molecule has 0 spiro atoms. The van der Waals surface area contributed by atoms with Gasteiger partial charge in [-0.3, -0.25) is 4.79 Å². The normalized spacial score (nSPS) is 12.2. The van der Waals surface area contributed by atoms with E-state index in [9.17, 15) is 31.1 Å². The number of carbonyl (C=O) groups is 1. The molecule has 2 nitrogen and oxygen atoms in total. The molecule has 0 fully saturated rings. The lowest BCUT2D eigenvalue weighted by atomic mass is 10.1. The molecular weight excluding hydrogens is 395 g/mol. The van der Waals surface area contributed by atoms with Crippen LogP contribution in [0.4, 0.5) is 32.0 Å². The van der Waals surface area contributed by atoms with Gasteiger partial charge in [0, 0.05) is 5.69 Å². The first-order valence-corrected chi connectivity index (χ1v) is 7.20. The van der Waals surface area contributed by atoms with Gasteiger partial charge in [-0.1, -0.05) is 29.3 Å². The van der Waals surface area contributed by atoms with E-state index in [1.54, 1.807) is 0 Å². The highest BCUT2D eigenvalue weighted by Gasteiger charge is 2.37. The molecule has 25 heavy (non-hydrogen) atoms. The highest BCUT2D eigenvalue weighted by molar-refractivity contribution is 6.44. The molecule has 0 saturated carbocycles. The van der Waals surface area contributed by atoms with E-state index in [1.807, 2.05) is 5.32 Å². The van der Waals surface area contributed by atoms with E-state index in [-0.39, 0.29) is 21.7 Å². The Morgan fingerprint density at radius 1 is 0.880 bits per heavy atom. The number of hydrogen-bond acceptors (Lipinski definition) is 1. The van der Waals surface area contributed by atoms with Crippen LogP contribution in [0.3, 0.4) is 0 Å². The SMILES string of the molecule is O=C(Nc1cc(C(F)(F)F)cc(C(F)(F)F)c1)c1cccc(Cl)c1Cl. The van der Waals surface area contributed by atoms with E-state index in [0.29, 0.717) is 12.1 Å². The first-order valence-electron chi connectivity index (χ1n) is 6.44. The number of amides is 1. The van der Waals surface area contributed by atoms with Crippen molar-refractivity contribution in [3.8, 4) is 0 Å². The Morgan fingerprint density at radius 3 is 1.88 bits per heavy atom. The summed E-state index contributed by atoms with van der Waals surface area (Å²) in [6.45, 7) is 0. The van der Waals surface area contributed by atoms with Crippen molar-refractivity contribution < 1.29 is 31.1 Å². The molecule has 0 aromatic heterocycles. The average molecular weight is 402 g/mol. The Bertz CT molecular complexity index is 784. The Labute approximate surface area is 147 Å². The first kappa shape index (κ1) is 19.4. The third kappa shape index (κ3) is 4.58. The summed E-state index contributed by atoms with van der Waals surface area (Å²) in [6.07, 6.45) is -10.0. The standard InChI is InChI=1S/C15H7Cl2F6NO/c16-11-3-1-2-10(12(11)17)13(25)24-9-5-7(14(18,19)20)4-8(6-9)15(21,22)23/h1-6H,(H,24,25). The zero-order valence-corrected chi connectivity index (χ0v) is 13.4. The summed E-state index contributed by atoms with van der Waals surface area (Å²) in [6, 6.07) is 4.70. The zero-order valence-electron chi connectivity index (χ0n) is 11.9. The second-order valence-corrected chi connectivity index (χ2v) is 5.64. The number of carbonyl (C=O) groups excluding carboxylic acids is 1. The van der Waals surface area contributed by atoms with Crippen LogP contribution in [0.5, 0.6) is 0 Å². The van der Waals surface area contributed by atoms with Gasteiger partial charge in [0.05, 0.1) is 26.7 Å². The maximum Gasteiger partial charge on any atom is 0.416 e. The summed E-state index contributed by atoms with van der Waals surface area (Å²) >= 11 is 11.5. The monoisotopic (exact) mass is 401 g/mol. The summed E-state index contributed by atoms with van der Waals surface area (Å²) in [5, 5.41) is 1.80. The molecular formula is C15H7Cl2F6NO. The molecule has 0 heterocycles. The largest absolute Gasteiger partial charge is 0.416 e. The predicted octanol–water partition coefficient (Wildman–Crippen LogP) is 6.28. The molecule has 134 valence electrons. The van der Waals surface area contributed by atoms with Crippen molar-refractivity contribution in [2.75, 3.05) is 5.32 Å². The van der Waals surface area contributed by atoms with E-state index in [2.05, 4.69) is 0 Å². The predicted molar refractivity (Wildman–Crippen MR) is 80.9 cm³/mol. The lowest BCUT2D eigenvalue weighted by Crippen LogP contribution is -2.16. The van der Waals surface area contributed by atoms with Crippen LogP contribution in [0.15, 0.2) is 36.4 Å². The van der Waals surface area contributed by atoms with Crippen molar-refractivity contribution in [1.29, 1.82) is 0 Å². The first-order chi connectivity index (χ1) is 11.4. The van der Waals surface area contributed by atoms with Gasteiger partial charge in [-0.25, -0.2) is 0 Å². The van der Waals surface area contributed by atoms with Crippen LogP contribution >= 0.6 is 23.2 Å². The topological polar surface area (TPSA) is 29.1 Å². The Morgan fingerprint density at radius 2 is 1.40 bits per heavy atom. The minimum atomic E-state index is -5.02. The smallest absolute Gasteiger partial charge is 0.322 e. The number of anilines is 1. The summed E-state index contributed by atoms with van der Waals surface area (Å²) in [5.74, 6) is -1.00. The average Bonchev–Trinajstić information content (AvgIpc) is 2.47. The zero-order chi connectivity index (χ0) is 19.0. The maximum absolute atomic E-state index is 12.8. The fourth-order valence-electron chi connectivity index (χ4n) is 1.90. The second-order valence-electron chi connectivity index (χ2n) is 4.85. The third-order valence-corrected chi connectivity index (χ3v) is 3.86. The van der Waals surface area contributed by atoms with Crippen molar-refractivity contribution in [1.82, 2.24) is 0 Å². The number of nitrogens with one attached hydrogen (secondary N) is 1. The number of benzene rings is 2. The minimum absolute atomic E-state index is 0.00865. The minimum Gasteiger partial charge on any atom is -0.322 e. The summed E-state index contributed by atoms with van der Waals surface area (Å²) in [7, 11) is 0. The molecule has 0 radical (unpaired) electrons. The third-order valence-electron chi connectivity index (χ3n) is 3.04. The van der Waals surface area contributed by atoms with Gasteiger partial charge in [0.15, 0.2) is 0 Å². The van der Waals surface area contributed by atoms with Crippen molar-refractivity contribution >= 4 is 34.8 Å².